The average Bonchev–Trinajstić information content (AvgIpc) is 2.44. The molecule has 6 heteroatoms. The van der Waals surface area contributed by atoms with Crippen LogP contribution in [0.1, 0.15) is 33.6 Å². The van der Waals surface area contributed by atoms with Crippen LogP contribution >= 0.6 is 0 Å². The summed E-state index contributed by atoms with van der Waals surface area (Å²) in [5, 5.41) is 0. The topological polar surface area (TPSA) is 67.4 Å². The maximum absolute atomic E-state index is 12.8. The van der Waals surface area contributed by atoms with Crippen molar-refractivity contribution in [3.8, 4) is 0 Å². The zero-order valence-corrected chi connectivity index (χ0v) is 13.5. The molecule has 0 atom stereocenters. The molecule has 1 aliphatic carbocycles. The first kappa shape index (κ1) is 17.0. The van der Waals surface area contributed by atoms with Crippen LogP contribution < -0.4 is 10.9 Å². The number of rotatable bonds is 5. The largest absolute Gasteiger partial charge is 0.480 e. The molecule has 0 fully saturated rings. The number of hydrogen-bond donors (Lipinski definition) is 2. The van der Waals surface area contributed by atoms with Crippen molar-refractivity contribution < 1.29 is 18.7 Å². The predicted octanol–water partition coefficient (Wildman–Crippen LogP) is 2.95. The molecule has 1 aromatic carbocycles. The van der Waals surface area contributed by atoms with E-state index in [0.29, 0.717) is 17.9 Å². The third-order valence-corrected chi connectivity index (χ3v) is 3.56. The van der Waals surface area contributed by atoms with Gasteiger partial charge in [-0.25, -0.2) is 4.39 Å². The maximum atomic E-state index is 12.8. The van der Waals surface area contributed by atoms with Crippen molar-refractivity contribution in [1.82, 2.24) is 5.43 Å². The highest BCUT2D eigenvalue weighted by molar-refractivity contribution is 5.96. The Hall–Kier alpha value is -2.37. The summed E-state index contributed by atoms with van der Waals surface area (Å²) in [5.74, 6) is -0.557. The monoisotopic (exact) mass is 320 g/mol. The second-order valence-corrected chi connectivity index (χ2v) is 6.52. The third-order valence-electron chi connectivity index (χ3n) is 3.56. The lowest BCUT2D eigenvalue weighted by atomic mass is 9.76. The second kappa shape index (κ2) is 6.81. The van der Waals surface area contributed by atoms with E-state index in [1.54, 1.807) is 0 Å². The van der Waals surface area contributed by atoms with Crippen LogP contribution in [0.5, 0.6) is 0 Å². The Kier molecular flexibility index (Phi) is 5.03. The Bertz CT molecular complexity index is 636. The van der Waals surface area contributed by atoms with Crippen LogP contribution in [0.25, 0.3) is 0 Å². The number of anilines is 1. The molecule has 0 spiro atoms. The molecule has 1 aromatic rings. The summed E-state index contributed by atoms with van der Waals surface area (Å²) in [4.78, 5) is 23.8. The van der Waals surface area contributed by atoms with Gasteiger partial charge in [-0.1, -0.05) is 13.8 Å². The summed E-state index contributed by atoms with van der Waals surface area (Å²) in [6.45, 7) is 5.66. The van der Waals surface area contributed by atoms with Crippen molar-refractivity contribution in [3.05, 3.63) is 41.4 Å². The van der Waals surface area contributed by atoms with Gasteiger partial charge in [0, 0.05) is 6.42 Å². The van der Waals surface area contributed by atoms with Crippen LogP contribution in [0.2, 0.25) is 0 Å². The van der Waals surface area contributed by atoms with Crippen molar-refractivity contribution in [2.24, 2.45) is 5.41 Å². The third kappa shape index (κ3) is 4.81. The van der Waals surface area contributed by atoms with E-state index in [4.69, 9.17) is 4.74 Å². The number of benzene rings is 1. The van der Waals surface area contributed by atoms with Crippen LogP contribution in [0.4, 0.5) is 10.1 Å². The fraction of sp³-hybridized carbons (Fsp3) is 0.412. The van der Waals surface area contributed by atoms with Gasteiger partial charge >= 0.3 is 0 Å². The van der Waals surface area contributed by atoms with Crippen molar-refractivity contribution in [2.75, 3.05) is 12.0 Å². The molecular weight excluding hydrogens is 299 g/mol. The van der Waals surface area contributed by atoms with Crippen LogP contribution in [-0.2, 0) is 14.3 Å². The zero-order valence-electron chi connectivity index (χ0n) is 13.5. The van der Waals surface area contributed by atoms with Gasteiger partial charge in [0.25, 0.3) is 5.91 Å². The molecule has 5 nitrogen and oxygen atoms in total. The molecule has 124 valence electrons. The lowest BCUT2D eigenvalue weighted by Gasteiger charge is -2.30. The highest BCUT2D eigenvalue weighted by atomic mass is 19.1. The van der Waals surface area contributed by atoms with E-state index in [2.05, 4.69) is 10.9 Å². The van der Waals surface area contributed by atoms with Gasteiger partial charge in [0.1, 0.15) is 5.82 Å². The summed E-state index contributed by atoms with van der Waals surface area (Å²) in [5.41, 5.74) is 6.43. The minimum absolute atomic E-state index is 0.0690. The number of allylic oxidation sites excluding steroid dienone is 2. The second-order valence-electron chi connectivity index (χ2n) is 6.52. The van der Waals surface area contributed by atoms with E-state index < -0.39 is 5.91 Å². The zero-order chi connectivity index (χ0) is 17.0. The summed E-state index contributed by atoms with van der Waals surface area (Å²) < 4.78 is 18.2. The Morgan fingerprint density at radius 1 is 1.26 bits per heavy atom. The Labute approximate surface area is 134 Å². The van der Waals surface area contributed by atoms with Crippen LogP contribution in [0, 0.1) is 11.2 Å². The van der Waals surface area contributed by atoms with Gasteiger partial charge in [0.2, 0.25) is 0 Å². The van der Waals surface area contributed by atoms with E-state index in [1.165, 1.54) is 24.3 Å². The molecule has 0 saturated heterocycles. The SMILES string of the molecule is CC1=C(OCC(=O)NNc2ccc(F)cc2)C(=O)CC(C)(C)C1. The number of carbonyl (C=O) groups excluding carboxylic acids is 2. The number of halogens is 1. The molecule has 0 unspecified atom stereocenters. The molecule has 0 aromatic heterocycles. The van der Waals surface area contributed by atoms with E-state index in [9.17, 15) is 14.0 Å². The fourth-order valence-corrected chi connectivity index (χ4v) is 2.67. The van der Waals surface area contributed by atoms with Crippen LogP contribution in [0.3, 0.4) is 0 Å². The molecule has 0 radical (unpaired) electrons. The number of hydrazine groups is 1. The summed E-state index contributed by atoms with van der Waals surface area (Å²) in [7, 11) is 0. The van der Waals surface area contributed by atoms with Crippen molar-refractivity contribution >= 4 is 17.4 Å². The first-order valence-corrected chi connectivity index (χ1v) is 7.43. The summed E-state index contributed by atoms with van der Waals surface area (Å²) in [6.07, 6.45) is 1.18. The molecular formula is C17H21FN2O3. The standard InChI is InChI=1S/C17H21FN2O3/c1-11-8-17(2,3)9-14(21)16(11)23-10-15(22)20-19-13-6-4-12(18)5-7-13/h4-7,19H,8-10H2,1-3H3,(H,20,22). The molecule has 0 aliphatic heterocycles. The Morgan fingerprint density at radius 2 is 1.91 bits per heavy atom. The van der Waals surface area contributed by atoms with Gasteiger partial charge in [0.05, 0.1) is 5.69 Å². The van der Waals surface area contributed by atoms with E-state index >= 15 is 0 Å². The van der Waals surface area contributed by atoms with Gasteiger partial charge < -0.3 is 4.74 Å². The lowest BCUT2D eigenvalue weighted by Crippen LogP contribution is -2.34. The van der Waals surface area contributed by atoms with Crippen LogP contribution in [-0.4, -0.2) is 18.3 Å². The number of ether oxygens (including phenoxy) is 1. The van der Waals surface area contributed by atoms with Crippen LogP contribution in [0.15, 0.2) is 35.6 Å². The van der Waals surface area contributed by atoms with Gasteiger partial charge in [-0.15, -0.1) is 0 Å². The molecule has 2 rings (SSSR count). The van der Waals surface area contributed by atoms with Gasteiger partial charge in [-0.3, -0.25) is 20.4 Å². The molecule has 23 heavy (non-hydrogen) atoms. The van der Waals surface area contributed by atoms with E-state index in [0.717, 1.165) is 12.0 Å². The molecule has 0 bridgehead atoms. The van der Waals surface area contributed by atoms with Crippen molar-refractivity contribution in [3.63, 3.8) is 0 Å². The van der Waals surface area contributed by atoms with E-state index in [1.807, 2.05) is 20.8 Å². The number of ketones is 1. The predicted molar refractivity (Wildman–Crippen MR) is 84.8 cm³/mol. The fourth-order valence-electron chi connectivity index (χ4n) is 2.67. The normalized spacial score (nSPS) is 17.0. The van der Waals surface area contributed by atoms with Crippen molar-refractivity contribution in [1.29, 1.82) is 0 Å². The number of Topliss-reactive ketones (excluding diaryl/α,β-unsaturated/α-hetero) is 1. The minimum atomic E-state index is -0.424. The van der Waals surface area contributed by atoms with Gasteiger partial charge in [-0.05, 0) is 48.6 Å². The molecule has 1 amide bonds. The first-order chi connectivity index (χ1) is 10.8. The minimum Gasteiger partial charge on any atom is -0.480 e. The Morgan fingerprint density at radius 3 is 2.52 bits per heavy atom. The average molecular weight is 320 g/mol. The summed E-state index contributed by atoms with van der Waals surface area (Å²) in [6, 6.07) is 5.55. The summed E-state index contributed by atoms with van der Waals surface area (Å²) >= 11 is 0. The molecule has 0 heterocycles. The number of carbonyl (C=O) groups is 2. The van der Waals surface area contributed by atoms with Gasteiger partial charge in [0.15, 0.2) is 18.1 Å². The highest BCUT2D eigenvalue weighted by Gasteiger charge is 2.32. The molecule has 2 N–H and O–H groups in total. The highest BCUT2D eigenvalue weighted by Crippen LogP contribution is 2.36. The number of nitrogens with one attached hydrogen (secondary N) is 2. The lowest BCUT2D eigenvalue weighted by molar-refractivity contribution is -0.127. The number of amides is 1. The molecule has 0 saturated carbocycles. The van der Waals surface area contributed by atoms with Gasteiger partial charge in [-0.2, -0.15) is 0 Å². The quantitative estimate of drug-likeness (QED) is 0.819. The Balaban J connectivity index is 1.84. The van der Waals surface area contributed by atoms with E-state index in [-0.39, 0.29) is 23.6 Å². The first-order valence-electron chi connectivity index (χ1n) is 7.43. The smallest absolute Gasteiger partial charge is 0.276 e. The maximum Gasteiger partial charge on any atom is 0.276 e. The molecule has 1 aliphatic rings. The number of hydrogen-bond acceptors (Lipinski definition) is 4. The van der Waals surface area contributed by atoms with Crippen molar-refractivity contribution in [2.45, 2.75) is 33.6 Å².